The minimum Gasteiger partial charge on any atom is -0.623 e. The summed E-state index contributed by atoms with van der Waals surface area (Å²) in [6, 6.07) is 35.4. The van der Waals surface area contributed by atoms with Crippen LogP contribution in [0.5, 0.6) is 0 Å². The summed E-state index contributed by atoms with van der Waals surface area (Å²) in [6.07, 6.45) is 5.30. The molecular weight excluding hydrogens is 592 g/mol. The van der Waals surface area contributed by atoms with Crippen LogP contribution in [-0.4, -0.2) is 47.6 Å². The average molecular weight is 629 g/mol. The summed E-state index contributed by atoms with van der Waals surface area (Å²) in [5.74, 6) is -1.69. The molecule has 0 saturated heterocycles. The first-order valence-electron chi connectivity index (χ1n) is 15.6. The molecule has 8 heteroatoms. The highest BCUT2D eigenvalue weighted by molar-refractivity contribution is 6.53. The molecule has 0 saturated carbocycles. The molecule has 0 radical (unpaired) electrons. The number of benzene rings is 4. The third-order valence-corrected chi connectivity index (χ3v) is 7.90. The highest BCUT2D eigenvalue weighted by atomic mass is 16.5. The second kappa shape index (κ2) is 15.0. The molecule has 1 atom stereocenters. The van der Waals surface area contributed by atoms with E-state index in [0.29, 0.717) is 16.0 Å². The lowest BCUT2D eigenvalue weighted by atomic mass is 9.75. The zero-order chi connectivity index (χ0) is 33.2. The van der Waals surface area contributed by atoms with E-state index in [1.54, 1.807) is 30.9 Å². The Bertz CT molecular complexity index is 1700. The number of fused-ring (bicyclic) bond motifs is 1. The molecular formula is C39H36N2O6. The summed E-state index contributed by atoms with van der Waals surface area (Å²) in [4.78, 5) is 41.0. The molecule has 4 aromatic rings. The fraction of sp³-hybridized carbons (Fsp3) is 0.179. The number of esters is 2. The van der Waals surface area contributed by atoms with Gasteiger partial charge in [-0.15, -0.1) is 0 Å². The highest BCUT2D eigenvalue weighted by Crippen LogP contribution is 2.48. The molecule has 0 fully saturated rings. The molecule has 0 bridgehead atoms. The number of para-hydroxylation sites is 1. The van der Waals surface area contributed by atoms with Crippen molar-refractivity contribution in [3.05, 3.63) is 167 Å². The van der Waals surface area contributed by atoms with E-state index < -0.39 is 29.4 Å². The molecule has 1 amide bonds. The van der Waals surface area contributed by atoms with Crippen LogP contribution in [0.3, 0.4) is 0 Å². The summed E-state index contributed by atoms with van der Waals surface area (Å²) >= 11 is 0. The van der Waals surface area contributed by atoms with Crippen molar-refractivity contribution in [1.29, 1.82) is 0 Å². The summed E-state index contributed by atoms with van der Waals surface area (Å²) in [5.41, 5.74) is 2.24. The van der Waals surface area contributed by atoms with Crippen molar-refractivity contribution in [1.82, 2.24) is 0 Å². The van der Waals surface area contributed by atoms with Crippen LogP contribution in [0.4, 0.5) is 5.69 Å². The van der Waals surface area contributed by atoms with E-state index in [0.717, 1.165) is 16.7 Å². The van der Waals surface area contributed by atoms with E-state index in [1.165, 1.54) is 24.3 Å². The van der Waals surface area contributed by atoms with Gasteiger partial charge in [-0.1, -0.05) is 109 Å². The molecule has 1 unspecified atom stereocenters. The number of hydroxylamine groups is 1. The van der Waals surface area contributed by atoms with Crippen molar-refractivity contribution in [2.45, 2.75) is 31.8 Å². The Morgan fingerprint density at radius 1 is 0.745 bits per heavy atom. The molecule has 238 valence electrons. The number of anilines is 1. The van der Waals surface area contributed by atoms with Gasteiger partial charge in [-0.2, -0.15) is 4.74 Å². The predicted octanol–water partition coefficient (Wildman–Crippen LogP) is 6.32. The lowest BCUT2D eigenvalue weighted by molar-refractivity contribution is -0.485. The van der Waals surface area contributed by atoms with Gasteiger partial charge >= 0.3 is 17.8 Å². The van der Waals surface area contributed by atoms with Crippen molar-refractivity contribution >= 4 is 29.2 Å². The minimum absolute atomic E-state index is 0.0123. The summed E-state index contributed by atoms with van der Waals surface area (Å²) in [5, 5.41) is 14.5. The zero-order valence-electron chi connectivity index (χ0n) is 26.3. The number of ether oxygens (including phenoxy) is 2. The molecule has 0 aromatic heterocycles. The zero-order valence-corrected chi connectivity index (χ0v) is 26.3. The summed E-state index contributed by atoms with van der Waals surface area (Å²) in [7, 11) is 0. The Balaban J connectivity index is 1.75. The van der Waals surface area contributed by atoms with Crippen LogP contribution >= 0.6 is 0 Å². The smallest absolute Gasteiger partial charge is 0.330 e. The normalized spacial score (nSPS) is 14.7. The maximum absolute atomic E-state index is 15.0. The number of carbonyl (C=O) groups excluding carboxylic acids is 3. The molecule has 0 spiro atoms. The first-order valence-corrected chi connectivity index (χ1v) is 15.6. The predicted molar refractivity (Wildman–Crippen MR) is 181 cm³/mol. The topological polar surface area (TPSA) is 99.0 Å². The van der Waals surface area contributed by atoms with Gasteiger partial charge in [0.25, 0.3) is 5.71 Å². The van der Waals surface area contributed by atoms with Crippen molar-refractivity contribution in [2.24, 2.45) is 0 Å². The van der Waals surface area contributed by atoms with Crippen molar-refractivity contribution in [2.75, 3.05) is 18.1 Å². The van der Waals surface area contributed by atoms with Crippen molar-refractivity contribution in [3.63, 3.8) is 0 Å². The Hall–Kier alpha value is -5.76. The number of hydrogen-bond acceptors (Lipinski definition) is 6. The van der Waals surface area contributed by atoms with E-state index in [4.69, 9.17) is 9.47 Å². The van der Waals surface area contributed by atoms with Crippen molar-refractivity contribution in [3.8, 4) is 0 Å². The van der Waals surface area contributed by atoms with Crippen LogP contribution < -0.4 is 4.90 Å². The second-order valence-electron chi connectivity index (χ2n) is 10.7. The Morgan fingerprint density at radius 3 is 1.72 bits per heavy atom. The van der Waals surface area contributed by atoms with Gasteiger partial charge in [-0.05, 0) is 48.7 Å². The van der Waals surface area contributed by atoms with Crippen LogP contribution in [0.1, 0.15) is 42.5 Å². The lowest BCUT2D eigenvalue weighted by Crippen LogP contribution is -2.52. The van der Waals surface area contributed by atoms with E-state index in [9.17, 15) is 14.8 Å². The molecule has 1 heterocycles. The molecule has 0 aliphatic carbocycles. The maximum atomic E-state index is 15.0. The Morgan fingerprint density at radius 2 is 1.21 bits per heavy atom. The standard InChI is InChI=1S/C39H36N2O6/c1-3-46-35(42)26-16-23-32(27-28-36(43)47-4-2)41(45)37-33-24-14-15-25-34(33)40(38(37)44)39(29-17-8-5-9-18-29,30-19-10-6-11-20-30)31-21-12-7-13-22-31/h5-22,24-28,32H,3-4,23H2,1-2H3/b26-16+,28-27+,41-37+. The van der Waals surface area contributed by atoms with Gasteiger partial charge in [0.2, 0.25) is 0 Å². The van der Waals surface area contributed by atoms with Gasteiger partial charge in [-0.3, -0.25) is 9.69 Å². The van der Waals surface area contributed by atoms with E-state index in [-0.39, 0.29) is 25.3 Å². The number of hydrogen-bond donors (Lipinski definition) is 0. The van der Waals surface area contributed by atoms with Gasteiger partial charge in [0.15, 0.2) is 6.04 Å². The number of carbonyl (C=O) groups is 3. The first kappa shape index (κ1) is 32.6. The molecule has 47 heavy (non-hydrogen) atoms. The van der Waals surface area contributed by atoms with Crippen LogP contribution in [0.25, 0.3) is 0 Å². The van der Waals surface area contributed by atoms with E-state index in [2.05, 4.69) is 0 Å². The van der Waals surface area contributed by atoms with Gasteiger partial charge in [-0.25, -0.2) is 9.59 Å². The quantitative estimate of drug-likeness (QED) is 0.0455. The van der Waals surface area contributed by atoms with Crippen LogP contribution in [0, 0.1) is 5.21 Å². The number of amides is 1. The lowest BCUT2D eigenvalue weighted by Gasteiger charge is -2.43. The molecule has 1 aliphatic rings. The van der Waals surface area contributed by atoms with Crippen LogP contribution in [0.15, 0.2) is 140 Å². The van der Waals surface area contributed by atoms with Gasteiger partial charge in [0.1, 0.15) is 5.54 Å². The second-order valence-corrected chi connectivity index (χ2v) is 10.7. The van der Waals surface area contributed by atoms with Crippen LogP contribution in [-0.2, 0) is 29.4 Å². The van der Waals surface area contributed by atoms with Crippen LogP contribution in [0.2, 0.25) is 0 Å². The molecule has 5 rings (SSSR count). The first-order chi connectivity index (χ1) is 22.9. The maximum Gasteiger partial charge on any atom is 0.330 e. The third-order valence-electron chi connectivity index (χ3n) is 7.90. The fourth-order valence-electron chi connectivity index (χ4n) is 5.96. The average Bonchev–Trinajstić information content (AvgIpc) is 3.40. The molecule has 4 aromatic carbocycles. The Kier molecular flexibility index (Phi) is 10.4. The molecule has 0 N–H and O–H groups in total. The van der Waals surface area contributed by atoms with Crippen molar-refractivity contribution < 1.29 is 28.6 Å². The minimum atomic E-state index is -1.17. The summed E-state index contributed by atoms with van der Waals surface area (Å²) < 4.78 is 10.6. The monoisotopic (exact) mass is 628 g/mol. The SMILES string of the molecule is CCOC(=O)/C=C/CC(/C=C/C(=O)OCC)/[N+]([O-])=C1\C(=O)N(C(c2ccccc2)(c2ccccc2)c2ccccc2)c2ccccc21. The number of rotatable bonds is 12. The van der Waals surface area contributed by atoms with Gasteiger partial charge < -0.3 is 14.7 Å². The largest absolute Gasteiger partial charge is 0.623 e. The third kappa shape index (κ3) is 6.63. The molecule has 1 aliphatic heterocycles. The number of nitrogens with zero attached hydrogens (tertiary/aromatic N) is 2. The van der Waals surface area contributed by atoms with E-state index in [1.807, 2.05) is 103 Å². The Labute approximate surface area is 274 Å². The summed E-state index contributed by atoms with van der Waals surface area (Å²) in [6.45, 7) is 3.74. The van der Waals surface area contributed by atoms with Gasteiger partial charge in [0, 0.05) is 18.6 Å². The van der Waals surface area contributed by atoms with Gasteiger partial charge in [0.05, 0.1) is 24.5 Å². The molecule has 8 nitrogen and oxygen atoms in total. The highest BCUT2D eigenvalue weighted by Gasteiger charge is 2.53. The fourth-order valence-corrected chi connectivity index (χ4v) is 5.96. The van der Waals surface area contributed by atoms with E-state index >= 15 is 4.79 Å².